The summed E-state index contributed by atoms with van der Waals surface area (Å²) in [4.78, 5) is 4.18. The Hall–Kier alpha value is -0.970. The zero-order valence-electron chi connectivity index (χ0n) is 9.26. The highest BCUT2D eigenvalue weighted by Gasteiger charge is 2.14. The molecule has 1 aromatic rings. The average Bonchev–Trinajstić information content (AvgIpc) is 2.38. The van der Waals surface area contributed by atoms with Gasteiger partial charge in [-0.15, -0.1) is 0 Å². The Kier molecular flexibility index (Phi) is 4.27. The summed E-state index contributed by atoms with van der Waals surface area (Å²) in [6, 6.07) is 3.64. The molecule has 0 saturated carbocycles. The van der Waals surface area contributed by atoms with Gasteiger partial charge in [0.1, 0.15) is 0 Å². The Labute approximate surface area is 95.2 Å². The van der Waals surface area contributed by atoms with Crippen molar-refractivity contribution in [2.45, 2.75) is 38.8 Å². The van der Waals surface area contributed by atoms with Crippen molar-refractivity contribution in [3.8, 4) is 0 Å². The molecule has 4 heteroatoms. The number of hydrogen-bond donors (Lipinski definition) is 1. The van der Waals surface area contributed by atoms with Crippen molar-refractivity contribution in [2.24, 2.45) is 0 Å². The largest absolute Gasteiger partial charge is 0.392 e. The van der Waals surface area contributed by atoms with Crippen molar-refractivity contribution in [3.05, 3.63) is 29.6 Å². The summed E-state index contributed by atoms with van der Waals surface area (Å²) in [6.07, 6.45) is 4.84. The van der Waals surface area contributed by atoms with Crippen LogP contribution in [0.3, 0.4) is 0 Å². The molecule has 1 unspecified atom stereocenters. The van der Waals surface area contributed by atoms with Gasteiger partial charge in [0, 0.05) is 12.8 Å². The second kappa shape index (κ2) is 5.94. The Bertz CT molecular complexity index is 324. The summed E-state index contributed by atoms with van der Waals surface area (Å²) in [5.74, 6) is 0. The van der Waals surface area contributed by atoms with Gasteiger partial charge < -0.3 is 14.6 Å². The molecule has 1 saturated heterocycles. The third kappa shape index (κ3) is 3.27. The maximum atomic E-state index is 8.99. The van der Waals surface area contributed by atoms with E-state index in [-0.39, 0.29) is 12.9 Å². The minimum atomic E-state index is -0.0895. The van der Waals surface area contributed by atoms with Crippen LogP contribution in [-0.2, 0) is 22.7 Å². The molecule has 0 amide bonds. The third-order valence-corrected chi connectivity index (χ3v) is 2.62. The fraction of sp³-hybridized carbons (Fsp3) is 0.583. The maximum absolute atomic E-state index is 8.99. The number of ether oxygens (including phenoxy) is 2. The molecule has 0 bridgehead atoms. The van der Waals surface area contributed by atoms with E-state index in [1.54, 1.807) is 12.3 Å². The standard InChI is InChI=1S/C12H17NO3/c14-8-10-4-5-13-11(7-10)9-16-12-3-1-2-6-15-12/h4-5,7,12,14H,1-3,6,8-9H2. The van der Waals surface area contributed by atoms with Crippen LogP contribution in [0.15, 0.2) is 18.3 Å². The first-order chi connectivity index (χ1) is 7.88. The number of aliphatic hydroxyl groups is 1. The number of aliphatic hydroxyl groups excluding tert-OH is 1. The van der Waals surface area contributed by atoms with Crippen LogP contribution < -0.4 is 0 Å². The quantitative estimate of drug-likeness (QED) is 0.842. The molecule has 1 aliphatic heterocycles. The molecule has 2 rings (SSSR count). The molecule has 0 aliphatic carbocycles. The monoisotopic (exact) mass is 223 g/mol. The minimum absolute atomic E-state index is 0.0372. The van der Waals surface area contributed by atoms with Crippen molar-refractivity contribution < 1.29 is 14.6 Å². The van der Waals surface area contributed by atoms with Crippen LogP contribution in [0.4, 0.5) is 0 Å². The highest BCUT2D eigenvalue weighted by molar-refractivity contribution is 5.14. The first-order valence-corrected chi connectivity index (χ1v) is 5.66. The molecule has 4 nitrogen and oxygen atoms in total. The van der Waals surface area contributed by atoms with Gasteiger partial charge in [-0.1, -0.05) is 0 Å². The van der Waals surface area contributed by atoms with Crippen LogP contribution in [0.25, 0.3) is 0 Å². The van der Waals surface area contributed by atoms with Gasteiger partial charge >= 0.3 is 0 Å². The molecule has 0 aromatic carbocycles. The van der Waals surface area contributed by atoms with Crippen molar-refractivity contribution in [1.82, 2.24) is 4.98 Å². The fourth-order valence-corrected chi connectivity index (χ4v) is 1.73. The van der Waals surface area contributed by atoms with Gasteiger partial charge in [0.2, 0.25) is 0 Å². The molecule has 2 heterocycles. The van der Waals surface area contributed by atoms with E-state index < -0.39 is 0 Å². The topological polar surface area (TPSA) is 51.6 Å². The first kappa shape index (κ1) is 11.5. The van der Waals surface area contributed by atoms with Crippen LogP contribution in [0.1, 0.15) is 30.5 Å². The lowest BCUT2D eigenvalue weighted by Gasteiger charge is -2.22. The highest BCUT2D eigenvalue weighted by Crippen LogP contribution is 2.15. The SMILES string of the molecule is OCc1ccnc(COC2CCCCO2)c1. The average molecular weight is 223 g/mol. The van der Waals surface area contributed by atoms with E-state index in [4.69, 9.17) is 14.6 Å². The van der Waals surface area contributed by atoms with Crippen LogP contribution in [0.5, 0.6) is 0 Å². The number of aromatic nitrogens is 1. The third-order valence-electron chi connectivity index (χ3n) is 2.62. The molecular formula is C12H17NO3. The molecule has 1 aromatic heterocycles. The molecule has 88 valence electrons. The Balaban J connectivity index is 1.83. The van der Waals surface area contributed by atoms with E-state index in [1.165, 1.54) is 0 Å². The van der Waals surface area contributed by atoms with E-state index >= 15 is 0 Å². The lowest BCUT2D eigenvalue weighted by molar-refractivity contribution is -0.169. The highest BCUT2D eigenvalue weighted by atomic mass is 16.7. The fourth-order valence-electron chi connectivity index (χ4n) is 1.73. The predicted octanol–water partition coefficient (Wildman–Crippen LogP) is 1.62. The lowest BCUT2D eigenvalue weighted by atomic mass is 10.2. The summed E-state index contributed by atoms with van der Waals surface area (Å²) in [5, 5.41) is 8.99. The van der Waals surface area contributed by atoms with E-state index in [0.717, 1.165) is 37.1 Å². The molecule has 1 N–H and O–H groups in total. The van der Waals surface area contributed by atoms with E-state index in [9.17, 15) is 0 Å². The summed E-state index contributed by atoms with van der Waals surface area (Å²) >= 11 is 0. The first-order valence-electron chi connectivity index (χ1n) is 5.66. The normalized spacial score (nSPS) is 20.9. The van der Waals surface area contributed by atoms with Gasteiger partial charge in [-0.05, 0) is 37.0 Å². The summed E-state index contributed by atoms with van der Waals surface area (Å²) in [6.45, 7) is 1.27. The van der Waals surface area contributed by atoms with Crippen molar-refractivity contribution >= 4 is 0 Å². The number of hydrogen-bond acceptors (Lipinski definition) is 4. The molecule has 0 spiro atoms. The molecule has 1 aliphatic rings. The van der Waals surface area contributed by atoms with Gasteiger partial charge in [-0.3, -0.25) is 4.98 Å². The lowest BCUT2D eigenvalue weighted by Crippen LogP contribution is -2.22. The maximum Gasteiger partial charge on any atom is 0.158 e. The summed E-state index contributed by atoms with van der Waals surface area (Å²) in [5.41, 5.74) is 1.69. The van der Waals surface area contributed by atoms with Crippen molar-refractivity contribution in [1.29, 1.82) is 0 Å². The number of nitrogens with zero attached hydrogens (tertiary/aromatic N) is 1. The van der Waals surface area contributed by atoms with Gasteiger partial charge in [-0.2, -0.15) is 0 Å². The molecule has 1 atom stereocenters. The molecule has 0 radical (unpaired) electrons. The van der Waals surface area contributed by atoms with Gasteiger partial charge in [0.15, 0.2) is 6.29 Å². The molecule has 1 fully saturated rings. The molecule has 16 heavy (non-hydrogen) atoms. The van der Waals surface area contributed by atoms with Gasteiger partial charge in [0.05, 0.1) is 18.9 Å². The van der Waals surface area contributed by atoms with E-state index in [0.29, 0.717) is 6.61 Å². The second-order valence-electron chi connectivity index (χ2n) is 3.92. The number of pyridine rings is 1. The zero-order chi connectivity index (χ0) is 11.2. The zero-order valence-corrected chi connectivity index (χ0v) is 9.26. The number of rotatable bonds is 4. The van der Waals surface area contributed by atoms with Crippen molar-refractivity contribution in [2.75, 3.05) is 6.61 Å². The van der Waals surface area contributed by atoms with E-state index in [1.807, 2.05) is 6.07 Å². The molecular weight excluding hydrogens is 206 g/mol. The van der Waals surface area contributed by atoms with Gasteiger partial charge in [0.25, 0.3) is 0 Å². The predicted molar refractivity (Wildman–Crippen MR) is 58.5 cm³/mol. The summed E-state index contributed by atoms with van der Waals surface area (Å²) < 4.78 is 11.1. The second-order valence-corrected chi connectivity index (χ2v) is 3.92. The van der Waals surface area contributed by atoms with Gasteiger partial charge in [-0.25, -0.2) is 0 Å². The Morgan fingerprint density at radius 3 is 3.19 bits per heavy atom. The van der Waals surface area contributed by atoms with Crippen LogP contribution in [0.2, 0.25) is 0 Å². The Morgan fingerprint density at radius 1 is 1.50 bits per heavy atom. The van der Waals surface area contributed by atoms with Crippen LogP contribution >= 0.6 is 0 Å². The van der Waals surface area contributed by atoms with Crippen molar-refractivity contribution in [3.63, 3.8) is 0 Å². The van der Waals surface area contributed by atoms with Crippen LogP contribution in [-0.4, -0.2) is 23.0 Å². The smallest absolute Gasteiger partial charge is 0.158 e. The van der Waals surface area contributed by atoms with E-state index in [2.05, 4.69) is 4.98 Å². The Morgan fingerprint density at radius 2 is 2.44 bits per heavy atom. The minimum Gasteiger partial charge on any atom is -0.392 e. The summed E-state index contributed by atoms with van der Waals surface area (Å²) in [7, 11) is 0. The van der Waals surface area contributed by atoms with Crippen LogP contribution in [0, 0.1) is 0 Å².